The van der Waals surface area contributed by atoms with Gasteiger partial charge in [0.15, 0.2) is 5.78 Å². The van der Waals surface area contributed by atoms with Gasteiger partial charge in [-0.3, -0.25) is 4.79 Å². The minimum atomic E-state index is -0.0802. The van der Waals surface area contributed by atoms with Gasteiger partial charge >= 0.3 is 0 Å². The number of ketones is 1. The van der Waals surface area contributed by atoms with Crippen LogP contribution in [0.25, 0.3) is 6.08 Å². The van der Waals surface area contributed by atoms with Crippen LogP contribution in [-0.2, 0) is 6.42 Å². The van der Waals surface area contributed by atoms with Crippen LogP contribution in [0.15, 0.2) is 48.5 Å². The van der Waals surface area contributed by atoms with Gasteiger partial charge in [-0.25, -0.2) is 0 Å². The number of benzene rings is 2. The molecule has 0 atom stereocenters. The zero-order chi connectivity index (χ0) is 17.4. The average Bonchev–Trinajstić information content (AvgIpc) is 2.61. The second-order valence-corrected chi connectivity index (χ2v) is 5.29. The minimum Gasteiger partial charge on any atom is -0.493 e. The standard InChI is InChI=1S/C21H24O3/c1-4-16-11-14-20(23-5-2)17(15-16)12-13-19(22)18-9-7-8-10-21(18)24-6-3/h7-15H,4-6H2,1-3H3. The largest absolute Gasteiger partial charge is 0.493 e. The highest BCUT2D eigenvalue weighted by molar-refractivity contribution is 6.08. The van der Waals surface area contributed by atoms with Crippen molar-refractivity contribution < 1.29 is 14.3 Å². The maximum absolute atomic E-state index is 12.5. The van der Waals surface area contributed by atoms with E-state index in [0.717, 1.165) is 17.7 Å². The molecule has 3 heteroatoms. The van der Waals surface area contributed by atoms with Gasteiger partial charge in [0.25, 0.3) is 0 Å². The Morgan fingerprint density at radius 3 is 2.38 bits per heavy atom. The summed E-state index contributed by atoms with van der Waals surface area (Å²) in [5.74, 6) is 1.32. The number of carbonyl (C=O) groups is 1. The second kappa shape index (κ2) is 8.92. The molecule has 2 rings (SSSR count). The quantitative estimate of drug-likeness (QED) is 0.509. The van der Waals surface area contributed by atoms with Crippen molar-refractivity contribution in [2.45, 2.75) is 27.2 Å². The molecule has 24 heavy (non-hydrogen) atoms. The van der Waals surface area contributed by atoms with Crippen LogP contribution in [0.4, 0.5) is 0 Å². The molecule has 0 aliphatic rings. The lowest BCUT2D eigenvalue weighted by Gasteiger charge is -2.09. The van der Waals surface area contributed by atoms with Crippen molar-refractivity contribution in [1.29, 1.82) is 0 Å². The lowest BCUT2D eigenvalue weighted by Crippen LogP contribution is -2.01. The zero-order valence-electron chi connectivity index (χ0n) is 14.5. The monoisotopic (exact) mass is 324 g/mol. The first-order chi connectivity index (χ1) is 11.7. The second-order valence-electron chi connectivity index (χ2n) is 5.29. The summed E-state index contributed by atoms with van der Waals surface area (Å²) in [4.78, 5) is 12.5. The van der Waals surface area contributed by atoms with E-state index >= 15 is 0 Å². The molecule has 0 aromatic heterocycles. The van der Waals surface area contributed by atoms with Crippen molar-refractivity contribution in [3.05, 3.63) is 65.2 Å². The number of para-hydroxylation sites is 1. The van der Waals surface area contributed by atoms with Crippen LogP contribution < -0.4 is 9.47 Å². The maximum Gasteiger partial charge on any atom is 0.189 e. The predicted molar refractivity (Wildman–Crippen MR) is 98.0 cm³/mol. The van der Waals surface area contributed by atoms with E-state index in [0.29, 0.717) is 24.5 Å². The van der Waals surface area contributed by atoms with Crippen molar-refractivity contribution in [2.75, 3.05) is 13.2 Å². The fourth-order valence-electron chi connectivity index (χ4n) is 2.44. The number of aryl methyl sites for hydroxylation is 1. The number of hydrogen-bond acceptors (Lipinski definition) is 3. The van der Waals surface area contributed by atoms with E-state index in [4.69, 9.17) is 9.47 Å². The topological polar surface area (TPSA) is 35.5 Å². The molecule has 3 nitrogen and oxygen atoms in total. The fraction of sp³-hybridized carbons (Fsp3) is 0.286. The third-order valence-corrected chi connectivity index (χ3v) is 3.65. The van der Waals surface area contributed by atoms with Gasteiger partial charge < -0.3 is 9.47 Å². The molecule has 0 heterocycles. The van der Waals surface area contributed by atoms with E-state index in [9.17, 15) is 4.79 Å². The summed E-state index contributed by atoms with van der Waals surface area (Å²) >= 11 is 0. The molecule has 0 N–H and O–H groups in total. The van der Waals surface area contributed by atoms with Gasteiger partial charge in [-0.15, -0.1) is 0 Å². The summed E-state index contributed by atoms with van der Waals surface area (Å²) in [5, 5.41) is 0. The van der Waals surface area contributed by atoms with E-state index < -0.39 is 0 Å². The molecule has 0 radical (unpaired) electrons. The molecule has 126 valence electrons. The van der Waals surface area contributed by atoms with Gasteiger partial charge in [-0.05, 0) is 62.2 Å². The lowest BCUT2D eigenvalue weighted by atomic mass is 10.0. The highest BCUT2D eigenvalue weighted by Crippen LogP contribution is 2.24. The predicted octanol–water partition coefficient (Wildman–Crippen LogP) is 4.94. The molecule has 0 spiro atoms. The van der Waals surface area contributed by atoms with Crippen molar-refractivity contribution in [3.63, 3.8) is 0 Å². The number of hydrogen-bond donors (Lipinski definition) is 0. The van der Waals surface area contributed by atoms with Crippen molar-refractivity contribution in [2.24, 2.45) is 0 Å². The van der Waals surface area contributed by atoms with Crippen molar-refractivity contribution in [3.8, 4) is 11.5 Å². The number of ether oxygens (including phenoxy) is 2. The summed E-state index contributed by atoms with van der Waals surface area (Å²) in [5.41, 5.74) is 2.69. The molecule has 0 fully saturated rings. The van der Waals surface area contributed by atoms with Gasteiger partial charge in [-0.1, -0.05) is 25.1 Å². The zero-order valence-corrected chi connectivity index (χ0v) is 14.5. The van der Waals surface area contributed by atoms with Crippen LogP contribution in [0, 0.1) is 0 Å². The van der Waals surface area contributed by atoms with E-state index in [1.807, 2.05) is 44.2 Å². The van der Waals surface area contributed by atoms with Crippen molar-refractivity contribution >= 4 is 11.9 Å². The molecule has 0 saturated heterocycles. The summed E-state index contributed by atoms with van der Waals surface area (Å²) in [6, 6.07) is 13.4. The normalized spacial score (nSPS) is 10.8. The van der Waals surface area contributed by atoms with Crippen LogP contribution in [0.5, 0.6) is 11.5 Å². The first kappa shape index (κ1) is 17.8. The Morgan fingerprint density at radius 2 is 1.67 bits per heavy atom. The SMILES string of the molecule is CCOc1ccc(CC)cc1C=CC(=O)c1ccccc1OCC. The summed E-state index contributed by atoms with van der Waals surface area (Å²) < 4.78 is 11.2. The van der Waals surface area contributed by atoms with Crippen LogP contribution in [0.2, 0.25) is 0 Å². The highest BCUT2D eigenvalue weighted by atomic mass is 16.5. The van der Waals surface area contributed by atoms with Crippen LogP contribution in [0.3, 0.4) is 0 Å². The Balaban J connectivity index is 2.28. The van der Waals surface area contributed by atoms with Crippen molar-refractivity contribution in [1.82, 2.24) is 0 Å². The molecule has 0 unspecified atom stereocenters. The third-order valence-electron chi connectivity index (χ3n) is 3.65. The molecule has 2 aromatic carbocycles. The third kappa shape index (κ3) is 4.48. The molecule has 0 aliphatic heterocycles. The summed E-state index contributed by atoms with van der Waals surface area (Å²) in [6.07, 6.45) is 4.33. The molecule has 0 aliphatic carbocycles. The Kier molecular flexibility index (Phi) is 6.62. The molecule has 0 amide bonds. The van der Waals surface area contributed by atoms with Gasteiger partial charge in [0.05, 0.1) is 18.8 Å². The van der Waals surface area contributed by atoms with E-state index in [-0.39, 0.29) is 5.78 Å². The number of carbonyl (C=O) groups excluding carboxylic acids is 1. The van der Waals surface area contributed by atoms with E-state index in [1.165, 1.54) is 5.56 Å². The van der Waals surface area contributed by atoms with Crippen LogP contribution in [-0.4, -0.2) is 19.0 Å². The van der Waals surface area contributed by atoms with E-state index in [1.54, 1.807) is 12.1 Å². The summed E-state index contributed by atoms with van der Waals surface area (Å²) in [7, 11) is 0. The lowest BCUT2D eigenvalue weighted by molar-refractivity contribution is 0.104. The van der Waals surface area contributed by atoms with Crippen LogP contribution in [0.1, 0.15) is 42.3 Å². The Bertz CT molecular complexity index is 717. The first-order valence-corrected chi connectivity index (χ1v) is 8.39. The fourth-order valence-corrected chi connectivity index (χ4v) is 2.44. The van der Waals surface area contributed by atoms with Crippen LogP contribution >= 0.6 is 0 Å². The van der Waals surface area contributed by atoms with E-state index in [2.05, 4.69) is 19.1 Å². The van der Waals surface area contributed by atoms with Gasteiger partial charge in [-0.2, -0.15) is 0 Å². The Hall–Kier alpha value is -2.55. The molecule has 0 bridgehead atoms. The van der Waals surface area contributed by atoms with Gasteiger partial charge in [0.2, 0.25) is 0 Å². The van der Waals surface area contributed by atoms with Gasteiger partial charge in [0, 0.05) is 5.56 Å². The smallest absolute Gasteiger partial charge is 0.189 e. The molecular formula is C21H24O3. The Morgan fingerprint density at radius 1 is 0.958 bits per heavy atom. The Labute approximate surface area is 143 Å². The maximum atomic E-state index is 12.5. The molecular weight excluding hydrogens is 300 g/mol. The number of rotatable bonds is 8. The first-order valence-electron chi connectivity index (χ1n) is 8.39. The van der Waals surface area contributed by atoms with Gasteiger partial charge in [0.1, 0.15) is 11.5 Å². The summed E-state index contributed by atoms with van der Waals surface area (Å²) in [6.45, 7) is 7.08. The molecule has 2 aromatic rings. The average molecular weight is 324 g/mol. The minimum absolute atomic E-state index is 0.0802. The highest BCUT2D eigenvalue weighted by Gasteiger charge is 2.09. The molecule has 0 saturated carbocycles. The number of allylic oxidation sites excluding steroid dienone is 1.